The number of nitrogens with one attached hydrogen (secondary N) is 2. The summed E-state index contributed by atoms with van der Waals surface area (Å²) in [6.07, 6.45) is 2.16. The van der Waals surface area contributed by atoms with Crippen molar-refractivity contribution in [3.8, 4) is 0 Å². The average molecular weight is 447 g/mol. The van der Waals surface area contributed by atoms with E-state index in [1.165, 1.54) is 0 Å². The van der Waals surface area contributed by atoms with Crippen LogP contribution in [-0.4, -0.2) is 42.8 Å². The van der Waals surface area contributed by atoms with Crippen molar-refractivity contribution in [2.24, 2.45) is 11.8 Å². The van der Waals surface area contributed by atoms with Crippen molar-refractivity contribution in [1.82, 2.24) is 10.6 Å². The molecule has 1 aliphatic rings. The molecule has 0 bridgehead atoms. The lowest BCUT2D eigenvalue weighted by Gasteiger charge is -2.22. The summed E-state index contributed by atoms with van der Waals surface area (Å²) in [4.78, 5) is 37.3. The molecule has 0 aliphatic carbocycles. The van der Waals surface area contributed by atoms with Gasteiger partial charge in [-0.1, -0.05) is 57.7 Å². The summed E-state index contributed by atoms with van der Waals surface area (Å²) in [5.41, 5.74) is 0.851. The predicted octanol–water partition coefficient (Wildman–Crippen LogP) is 3.31. The van der Waals surface area contributed by atoms with Crippen molar-refractivity contribution < 1.29 is 28.6 Å². The Morgan fingerprint density at radius 2 is 1.88 bits per heavy atom. The van der Waals surface area contributed by atoms with Crippen molar-refractivity contribution in [2.75, 3.05) is 6.61 Å². The Kier molecular flexibility index (Phi) is 10.2. The molecule has 0 radical (unpaired) electrons. The van der Waals surface area contributed by atoms with E-state index in [4.69, 9.17) is 14.2 Å². The molecule has 1 heterocycles. The maximum Gasteiger partial charge on any atom is 0.408 e. The molecule has 1 aromatic carbocycles. The molecule has 1 aromatic rings. The topological polar surface area (TPSA) is 103 Å². The van der Waals surface area contributed by atoms with E-state index in [1.807, 2.05) is 44.2 Å². The Hall–Kier alpha value is -2.87. The van der Waals surface area contributed by atoms with Crippen LogP contribution in [0.4, 0.5) is 4.79 Å². The molecule has 0 aromatic heterocycles. The number of ether oxygens (including phenoxy) is 3. The van der Waals surface area contributed by atoms with Gasteiger partial charge >= 0.3 is 12.1 Å². The molecule has 4 atom stereocenters. The van der Waals surface area contributed by atoms with Gasteiger partial charge in [-0.25, -0.2) is 4.79 Å². The highest BCUT2D eigenvalue weighted by Gasteiger charge is 2.30. The number of hydrogen-bond acceptors (Lipinski definition) is 7. The predicted molar refractivity (Wildman–Crippen MR) is 119 cm³/mol. The number of hydrogen-bond donors (Lipinski definition) is 2. The highest BCUT2D eigenvalue weighted by Crippen LogP contribution is 2.19. The first-order valence-electron chi connectivity index (χ1n) is 11.0. The zero-order valence-corrected chi connectivity index (χ0v) is 19.0. The lowest BCUT2D eigenvalue weighted by atomic mass is 9.93. The smallest absolute Gasteiger partial charge is 0.408 e. The summed E-state index contributed by atoms with van der Waals surface area (Å²) in [6.45, 7) is 9.15. The van der Waals surface area contributed by atoms with E-state index in [0.29, 0.717) is 0 Å². The molecule has 1 aliphatic heterocycles. The first kappa shape index (κ1) is 25.4. The third-order valence-electron chi connectivity index (χ3n) is 5.23. The van der Waals surface area contributed by atoms with Crippen molar-refractivity contribution in [1.29, 1.82) is 0 Å². The first-order valence-corrected chi connectivity index (χ1v) is 11.0. The van der Waals surface area contributed by atoms with Crippen LogP contribution < -0.4 is 10.6 Å². The zero-order chi connectivity index (χ0) is 23.5. The standard InChI is InChI=1S/C24H34N2O6/c1-5-25-21-12-11-19(32-21)15-30-23(28)17(4)13-20(27)22(16(2)3)26-24(29)31-14-18-9-7-6-8-10-18/h5-10,16-17,19,21-22,25H,1,11-15H2,2-4H3,(H,26,29). The molecule has 176 valence electrons. The number of amides is 1. The third-order valence-corrected chi connectivity index (χ3v) is 5.23. The minimum Gasteiger partial charge on any atom is -0.463 e. The van der Waals surface area contributed by atoms with Gasteiger partial charge in [0.25, 0.3) is 0 Å². The number of esters is 1. The van der Waals surface area contributed by atoms with Gasteiger partial charge in [-0.15, -0.1) is 0 Å². The summed E-state index contributed by atoms with van der Waals surface area (Å²) in [7, 11) is 0. The van der Waals surface area contributed by atoms with Crippen molar-refractivity contribution in [2.45, 2.75) is 65.0 Å². The van der Waals surface area contributed by atoms with Gasteiger partial charge in [-0.05, 0) is 30.5 Å². The molecule has 4 unspecified atom stereocenters. The molecule has 8 nitrogen and oxygen atoms in total. The van der Waals surface area contributed by atoms with Gasteiger partial charge in [0, 0.05) is 6.42 Å². The van der Waals surface area contributed by atoms with Gasteiger partial charge in [0.1, 0.15) is 19.4 Å². The van der Waals surface area contributed by atoms with Crippen molar-refractivity contribution in [3.63, 3.8) is 0 Å². The van der Waals surface area contributed by atoms with Crippen LogP contribution >= 0.6 is 0 Å². The fourth-order valence-corrected chi connectivity index (χ4v) is 3.42. The number of ketones is 1. The Morgan fingerprint density at radius 3 is 2.53 bits per heavy atom. The summed E-state index contributed by atoms with van der Waals surface area (Å²) in [5.74, 6) is -1.49. The van der Waals surface area contributed by atoms with Crippen LogP contribution in [0.5, 0.6) is 0 Å². The van der Waals surface area contributed by atoms with Gasteiger partial charge in [0.15, 0.2) is 5.78 Å². The largest absolute Gasteiger partial charge is 0.463 e. The fourth-order valence-electron chi connectivity index (χ4n) is 3.42. The van der Waals surface area contributed by atoms with E-state index < -0.39 is 24.0 Å². The molecule has 0 spiro atoms. The maximum atomic E-state index is 12.8. The minimum absolute atomic E-state index is 0.0349. The molecule has 2 rings (SSSR count). The quantitative estimate of drug-likeness (QED) is 0.475. The molecule has 32 heavy (non-hydrogen) atoms. The molecule has 2 N–H and O–H groups in total. The molecule has 8 heteroatoms. The van der Waals surface area contributed by atoms with Crippen molar-refractivity contribution in [3.05, 3.63) is 48.7 Å². The van der Waals surface area contributed by atoms with E-state index in [2.05, 4.69) is 17.2 Å². The summed E-state index contributed by atoms with van der Waals surface area (Å²) in [5, 5.41) is 5.61. The van der Waals surface area contributed by atoms with Crippen molar-refractivity contribution >= 4 is 17.8 Å². The highest BCUT2D eigenvalue weighted by molar-refractivity contribution is 5.90. The monoisotopic (exact) mass is 446 g/mol. The first-order chi connectivity index (χ1) is 15.3. The van der Waals surface area contributed by atoms with Gasteiger partial charge in [0.05, 0.1) is 18.1 Å². The molecule has 1 fully saturated rings. The average Bonchev–Trinajstić information content (AvgIpc) is 3.22. The maximum absolute atomic E-state index is 12.8. The molecule has 1 saturated heterocycles. The van der Waals surface area contributed by atoms with Crippen LogP contribution in [-0.2, 0) is 30.4 Å². The third kappa shape index (κ3) is 8.34. The van der Waals surface area contributed by atoms with Gasteiger partial charge < -0.3 is 24.8 Å². The van der Waals surface area contributed by atoms with E-state index >= 15 is 0 Å². The summed E-state index contributed by atoms with van der Waals surface area (Å²) in [6, 6.07) is 8.52. The van der Waals surface area contributed by atoms with E-state index in [1.54, 1.807) is 13.1 Å². The second-order valence-corrected chi connectivity index (χ2v) is 8.32. The van der Waals surface area contributed by atoms with Crippen LogP contribution in [0.3, 0.4) is 0 Å². The van der Waals surface area contributed by atoms with Crippen LogP contribution in [0.25, 0.3) is 0 Å². The van der Waals surface area contributed by atoms with Crippen LogP contribution in [0, 0.1) is 11.8 Å². The zero-order valence-electron chi connectivity index (χ0n) is 19.0. The van der Waals surface area contributed by atoms with Crippen LogP contribution in [0.1, 0.15) is 45.6 Å². The lowest BCUT2D eigenvalue weighted by molar-refractivity contribution is -0.153. The second kappa shape index (κ2) is 12.9. The van der Waals surface area contributed by atoms with Crippen LogP contribution in [0.15, 0.2) is 43.1 Å². The van der Waals surface area contributed by atoms with Gasteiger partial charge in [-0.3, -0.25) is 9.59 Å². The SMILES string of the molecule is C=CNC1CCC(COC(=O)C(C)CC(=O)C(NC(=O)OCc2ccccc2)C(C)C)O1. The minimum atomic E-state index is -0.752. The number of benzene rings is 1. The summed E-state index contributed by atoms with van der Waals surface area (Å²) < 4.78 is 16.2. The number of carbonyl (C=O) groups excluding carboxylic acids is 3. The number of alkyl carbamates (subject to hydrolysis) is 1. The van der Waals surface area contributed by atoms with Crippen LogP contribution in [0.2, 0.25) is 0 Å². The van der Waals surface area contributed by atoms with E-state index in [-0.39, 0.29) is 43.7 Å². The molecule has 1 amide bonds. The van der Waals surface area contributed by atoms with E-state index in [9.17, 15) is 14.4 Å². The number of carbonyl (C=O) groups is 3. The van der Waals surface area contributed by atoms with Gasteiger partial charge in [-0.2, -0.15) is 0 Å². The molecular formula is C24H34N2O6. The van der Waals surface area contributed by atoms with E-state index in [0.717, 1.165) is 18.4 Å². The number of Topliss-reactive ketones (excluding diaryl/α,β-unsaturated/α-hetero) is 1. The lowest BCUT2D eigenvalue weighted by Crippen LogP contribution is -2.45. The Morgan fingerprint density at radius 1 is 1.16 bits per heavy atom. The highest BCUT2D eigenvalue weighted by atomic mass is 16.6. The molecular weight excluding hydrogens is 412 g/mol. The summed E-state index contributed by atoms with van der Waals surface area (Å²) >= 11 is 0. The number of rotatable bonds is 12. The van der Waals surface area contributed by atoms with Gasteiger partial charge in [0.2, 0.25) is 0 Å². The molecule has 0 saturated carbocycles. The Bertz CT molecular complexity index is 767. The second-order valence-electron chi connectivity index (χ2n) is 8.32. The fraction of sp³-hybridized carbons (Fsp3) is 0.542. The Labute approximate surface area is 189 Å². The Balaban J connectivity index is 1.77. The normalized spacial score (nSPS) is 19.6.